The minimum Gasteiger partial charge on any atom is -0.388 e. The van der Waals surface area contributed by atoms with Gasteiger partial charge in [-0.05, 0) is 18.2 Å². The maximum Gasteiger partial charge on any atom is 0.438 e. The fourth-order valence-electron chi connectivity index (χ4n) is 3.20. The molecule has 0 unspecified atom stereocenters. The van der Waals surface area contributed by atoms with Crippen molar-refractivity contribution in [1.29, 1.82) is 0 Å². The minimum absolute atomic E-state index is 0.0431. The van der Waals surface area contributed by atoms with Crippen LogP contribution in [0.2, 0.25) is 5.02 Å². The summed E-state index contributed by atoms with van der Waals surface area (Å²) in [6.45, 7) is 2.35. The molecule has 0 amide bonds. The van der Waals surface area contributed by atoms with Gasteiger partial charge in [-0.2, -0.15) is 17.9 Å². The molecule has 0 N–H and O–H groups in total. The van der Waals surface area contributed by atoms with Gasteiger partial charge in [-0.1, -0.05) is 29.8 Å². The Bertz CT molecular complexity index is 1080. The third kappa shape index (κ3) is 4.34. The van der Waals surface area contributed by atoms with Crippen LogP contribution in [0.1, 0.15) is 5.56 Å². The van der Waals surface area contributed by atoms with Gasteiger partial charge in [0.15, 0.2) is 0 Å². The second-order valence-corrected chi connectivity index (χ2v) is 7.22. The molecule has 3 aromatic rings. The molecule has 0 bridgehead atoms. The van der Waals surface area contributed by atoms with E-state index >= 15 is 0 Å². The predicted molar refractivity (Wildman–Crippen MR) is 104 cm³/mol. The maximum absolute atomic E-state index is 12.8. The number of aromatic nitrogens is 3. The largest absolute Gasteiger partial charge is 0.438 e. The van der Waals surface area contributed by atoms with Crippen LogP contribution in [-0.2, 0) is 12.8 Å². The first-order chi connectivity index (χ1) is 14.3. The van der Waals surface area contributed by atoms with Crippen LogP contribution in [0.15, 0.2) is 51.8 Å². The van der Waals surface area contributed by atoms with Gasteiger partial charge in [-0.25, -0.2) is 9.78 Å². The van der Waals surface area contributed by atoms with E-state index in [2.05, 4.69) is 10.1 Å². The summed E-state index contributed by atoms with van der Waals surface area (Å²) < 4.78 is 44.8. The highest BCUT2D eigenvalue weighted by Gasteiger charge is 2.32. The van der Waals surface area contributed by atoms with E-state index in [9.17, 15) is 18.0 Å². The van der Waals surface area contributed by atoms with E-state index in [4.69, 9.17) is 16.0 Å². The molecule has 2 aromatic heterocycles. The summed E-state index contributed by atoms with van der Waals surface area (Å²) in [6, 6.07) is 10.00. The van der Waals surface area contributed by atoms with E-state index in [0.29, 0.717) is 37.6 Å². The van der Waals surface area contributed by atoms with Crippen molar-refractivity contribution in [3.8, 4) is 11.5 Å². The predicted octanol–water partition coefficient (Wildman–Crippen LogP) is 3.35. The molecule has 0 aliphatic carbocycles. The molecule has 30 heavy (non-hydrogen) atoms. The van der Waals surface area contributed by atoms with Gasteiger partial charge in [0.1, 0.15) is 12.5 Å². The van der Waals surface area contributed by atoms with Crippen molar-refractivity contribution in [2.24, 2.45) is 0 Å². The molecule has 158 valence electrons. The zero-order chi connectivity index (χ0) is 21.3. The van der Waals surface area contributed by atoms with E-state index in [1.54, 1.807) is 12.1 Å². The first kappa shape index (κ1) is 20.4. The number of benzene rings is 1. The summed E-state index contributed by atoms with van der Waals surface area (Å²) in [7, 11) is 0. The Labute approximate surface area is 174 Å². The van der Waals surface area contributed by atoms with Crippen LogP contribution >= 0.6 is 11.6 Å². The van der Waals surface area contributed by atoms with Crippen LogP contribution in [0, 0.1) is 0 Å². The third-order valence-electron chi connectivity index (χ3n) is 4.78. The van der Waals surface area contributed by atoms with Gasteiger partial charge < -0.3 is 9.32 Å². The zero-order valence-electron chi connectivity index (χ0n) is 15.6. The van der Waals surface area contributed by atoms with Crippen LogP contribution in [-0.4, -0.2) is 45.8 Å². The Balaban J connectivity index is 1.40. The number of anilines is 1. The monoisotopic (exact) mass is 439 g/mol. The number of piperazine rings is 1. The molecule has 4 rings (SSSR count). The summed E-state index contributed by atoms with van der Waals surface area (Å²) in [6.07, 6.45) is -3.70. The SMILES string of the molecule is O=c1oc(-c2ccccc2)nn1CN1CCN(c2ncc(C(F)(F)F)cc2Cl)CC1. The molecule has 1 aliphatic heterocycles. The second kappa shape index (κ2) is 8.11. The first-order valence-electron chi connectivity index (χ1n) is 9.15. The summed E-state index contributed by atoms with van der Waals surface area (Å²) in [5, 5.41) is 4.20. The fraction of sp³-hybridized carbons (Fsp3) is 0.316. The number of pyridine rings is 1. The molecule has 0 atom stereocenters. The lowest BCUT2D eigenvalue weighted by Crippen LogP contribution is -2.48. The average Bonchev–Trinajstić information content (AvgIpc) is 3.09. The van der Waals surface area contributed by atoms with Crippen LogP contribution in [0.5, 0.6) is 0 Å². The molecule has 7 nitrogen and oxygen atoms in total. The normalized spacial score (nSPS) is 15.5. The van der Waals surface area contributed by atoms with Crippen LogP contribution in [0.4, 0.5) is 19.0 Å². The molecular formula is C19H17ClF3N5O2. The Morgan fingerprint density at radius 1 is 1.10 bits per heavy atom. The number of rotatable bonds is 4. The van der Waals surface area contributed by atoms with E-state index in [1.165, 1.54) is 4.68 Å². The number of alkyl halides is 3. The Hall–Kier alpha value is -2.85. The van der Waals surface area contributed by atoms with Crippen molar-refractivity contribution in [3.63, 3.8) is 0 Å². The molecule has 3 heterocycles. The van der Waals surface area contributed by atoms with Crippen LogP contribution in [0.3, 0.4) is 0 Å². The standard InChI is InChI=1S/C19H17ClF3N5O2/c20-15-10-14(19(21,22)23)11-24-16(15)27-8-6-26(7-9-27)12-28-18(29)30-17(25-28)13-4-2-1-3-5-13/h1-5,10-11H,6-9,12H2. The fourth-order valence-corrected chi connectivity index (χ4v) is 3.49. The van der Waals surface area contributed by atoms with Gasteiger partial charge in [-0.15, -0.1) is 5.10 Å². The van der Waals surface area contributed by atoms with Crippen molar-refractivity contribution in [3.05, 3.63) is 63.7 Å². The van der Waals surface area contributed by atoms with E-state index in [1.807, 2.05) is 28.0 Å². The molecular weight excluding hydrogens is 423 g/mol. The van der Waals surface area contributed by atoms with Gasteiger partial charge in [-0.3, -0.25) is 4.90 Å². The molecule has 0 spiro atoms. The van der Waals surface area contributed by atoms with Gasteiger partial charge in [0.25, 0.3) is 0 Å². The van der Waals surface area contributed by atoms with Gasteiger partial charge in [0.2, 0.25) is 5.89 Å². The number of hydrogen-bond acceptors (Lipinski definition) is 6. The van der Waals surface area contributed by atoms with E-state index in [0.717, 1.165) is 12.3 Å². The Morgan fingerprint density at radius 2 is 1.80 bits per heavy atom. The van der Waals surface area contributed by atoms with Crippen LogP contribution in [0.25, 0.3) is 11.5 Å². The molecule has 0 saturated carbocycles. The molecule has 0 radical (unpaired) electrons. The van der Waals surface area contributed by atoms with Gasteiger partial charge in [0, 0.05) is 37.9 Å². The van der Waals surface area contributed by atoms with Crippen LogP contribution < -0.4 is 10.7 Å². The van der Waals surface area contributed by atoms with Crippen molar-refractivity contribution in [1.82, 2.24) is 19.7 Å². The third-order valence-corrected chi connectivity index (χ3v) is 5.06. The summed E-state index contributed by atoms with van der Waals surface area (Å²) in [4.78, 5) is 19.8. The zero-order valence-corrected chi connectivity index (χ0v) is 16.4. The lowest BCUT2D eigenvalue weighted by Gasteiger charge is -2.35. The maximum atomic E-state index is 12.8. The summed E-state index contributed by atoms with van der Waals surface area (Å²) in [5.74, 6) is 0.0120. The van der Waals surface area contributed by atoms with E-state index < -0.39 is 17.5 Å². The first-order valence-corrected chi connectivity index (χ1v) is 9.52. The van der Waals surface area contributed by atoms with Crippen molar-refractivity contribution in [2.45, 2.75) is 12.8 Å². The smallest absolute Gasteiger partial charge is 0.388 e. The number of halogens is 4. The number of hydrogen-bond donors (Lipinski definition) is 0. The van der Waals surface area contributed by atoms with Gasteiger partial charge >= 0.3 is 11.9 Å². The van der Waals surface area contributed by atoms with E-state index in [-0.39, 0.29) is 17.6 Å². The lowest BCUT2D eigenvalue weighted by molar-refractivity contribution is -0.137. The molecule has 1 fully saturated rings. The van der Waals surface area contributed by atoms with Crippen molar-refractivity contribution >= 4 is 17.4 Å². The highest BCUT2D eigenvalue weighted by molar-refractivity contribution is 6.33. The number of nitrogens with zero attached hydrogens (tertiary/aromatic N) is 5. The lowest BCUT2D eigenvalue weighted by atomic mass is 10.2. The van der Waals surface area contributed by atoms with Crippen molar-refractivity contribution < 1.29 is 17.6 Å². The molecule has 1 aliphatic rings. The van der Waals surface area contributed by atoms with Crippen molar-refractivity contribution in [2.75, 3.05) is 31.1 Å². The Kier molecular flexibility index (Phi) is 5.52. The average molecular weight is 440 g/mol. The summed E-state index contributed by atoms with van der Waals surface area (Å²) in [5.41, 5.74) is -0.171. The quantitative estimate of drug-likeness (QED) is 0.621. The topological polar surface area (TPSA) is 67.4 Å². The second-order valence-electron chi connectivity index (χ2n) is 6.81. The Morgan fingerprint density at radius 3 is 2.43 bits per heavy atom. The molecule has 1 saturated heterocycles. The minimum atomic E-state index is -4.49. The highest BCUT2D eigenvalue weighted by atomic mass is 35.5. The van der Waals surface area contributed by atoms with Gasteiger partial charge in [0.05, 0.1) is 10.6 Å². The molecule has 1 aromatic carbocycles. The summed E-state index contributed by atoms with van der Waals surface area (Å²) >= 11 is 6.03. The highest BCUT2D eigenvalue weighted by Crippen LogP contribution is 2.33. The molecule has 11 heteroatoms.